The summed E-state index contributed by atoms with van der Waals surface area (Å²) in [7, 11) is 0. The molecule has 0 unspecified atom stereocenters. The lowest BCUT2D eigenvalue weighted by Crippen LogP contribution is -2.65. The molecule has 0 aromatic heterocycles. The van der Waals surface area contributed by atoms with Gasteiger partial charge in [0.25, 0.3) is 0 Å². The molecule has 23 heteroatoms. The predicted octanol–water partition coefficient (Wildman–Crippen LogP) is -2.61. The van der Waals surface area contributed by atoms with Crippen LogP contribution in [0.25, 0.3) is 0 Å². The maximum Gasteiger partial charge on any atom is 0.328 e. The molecule has 5 atom stereocenters. The molecule has 11 N–H and O–H groups in total. The van der Waals surface area contributed by atoms with Gasteiger partial charge in [-0.15, -0.1) is 0 Å². The van der Waals surface area contributed by atoms with E-state index in [-0.39, 0.29) is 12.2 Å². The van der Waals surface area contributed by atoms with Crippen LogP contribution in [0.2, 0.25) is 0 Å². The maximum absolute atomic E-state index is 13.2. The van der Waals surface area contributed by atoms with Gasteiger partial charge >= 0.3 is 5.97 Å². The van der Waals surface area contributed by atoms with Crippen LogP contribution in [0, 0.1) is 0 Å². The number of hydrogen-bond donors (Lipinski definition) is 12. The molecule has 61 heavy (non-hydrogen) atoms. The summed E-state index contributed by atoms with van der Waals surface area (Å²) >= 11 is 3.97. The van der Waals surface area contributed by atoms with Crippen molar-refractivity contribution < 1.29 is 57.8 Å². The lowest BCUT2D eigenvalue weighted by atomic mass is 10.0. The number of nitrogens with one attached hydrogen (secondary N) is 10. The van der Waals surface area contributed by atoms with Crippen molar-refractivity contribution in [2.24, 2.45) is 0 Å². The van der Waals surface area contributed by atoms with Gasteiger partial charge in [-0.3, -0.25) is 47.9 Å². The summed E-state index contributed by atoms with van der Waals surface area (Å²) in [5.41, 5.74) is -8.00. The van der Waals surface area contributed by atoms with Crippen LogP contribution >= 0.6 is 12.6 Å². The highest BCUT2D eigenvalue weighted by molar-refractivity contribution is 7.80. The maximum atomic E-state index is 13.2. The Kier molecular flexibility index (Phi) is 19.9. The summed E-state index contributed by atoms with van der Waals surface area (Å²) in [6, 6.07) is -5.82. The largest absolute Gasteiger partial charge is 0.480 e. The highest BCUT2D eigenvalue weighted by Crippen LogP contribution is 2.10. The smallest absolute Gasteiger partial charge is 0.328 e. The fraction of sp³-hybridized carbons (Fsp3) is 0.711. The van der Waals surface area contributed by atoms with E-state index in [4.69, 9.17) is 0 Å². The third-order valence-corrected chi connectivity index (χ3v) is 9.28. The van der Waals surface area contributed by atoms with E-state index in [9.17, 15) is 57.8 Å². The quantitative estimate of drug-likeness (QED) is 0.0498. The van der Waals surface area contributed by atoms with Gasteiger partial charge in [-0.1, -0.05) is 0 Å². The highest BCUT2D eigenvalue weighted by atomic mass is 32.1. The van der Waals surface area contributed by atoms with Crippen molar-refractivity contribution in [2.45, 2.75) is 168 Å². The van der Waals surface area contributed by atoms with Crippen LogP contribution < -0.4 is 53.2 Å². The van der Waals surface area contributed by atoms with E-state index < -0.39 is 123 Å². The van der Waals surface area contributed by atoms with Gasteiger partial charge in [0.15, 0.2) is 0 Å². The molecule has 0 radical (unpaired) electrons. The lowest BCUT2D eigenvalue weighted by Gasteiger charge is -2.32. The molecule has 22 nitrogen and oxygen atoms in total. The first-order valence-corrected chi connectivity index (χ1v) is 20.0. The summed E-state index contributed by atoms with van der Waals surface area (Å²) in [5, 5.41) is 33.8. The Morgan fingerprint density at radius 2 is 0.590 bits per heavy atom. The van der Waals surface area contributed by atoms with Crippen LogP contribution in [-0.4, -0.2) is 134 Å². The van der Waals surface area contributed by atoms with E-state index in [1.165, 1.54) is 104 Å². The Morgan fingerprint density at radius 1 is 0.393 bits per heavy atom. The Balaban J connectivity index is 5.32. The molecule has 0 aliphatic rings. The fourth-order valence-electron chi connectivity index (χ4n) is 4.61. The number of amides is 10. The third kappa shape index (κ3) is 17.6. The van der Waals surface area contributed by atoms with Gasteiger partial charge in [0, 0.05) is 6.42 Å². The summed E-state index contributed by atoms with van der Waals surface area (Å²) < 4.78 is 0. The van der Waals surface area contributed by atoms with E-state index in [1.54, 1.807) is 0 Å². The summed E-state index contributed by atoms with van der Waals surface area (Å²) in [6.07, 6.45) is 0.0932. The minimum absolute atomic E-state index is 0.0932. The molecule has 0 spiro atoms. The number of rotatable bonds is 22. The number of carboxylic acid groups (broad SMARTS) is 1. The van der Waals surface area contributed by atoms with Crippen molar-refractivity contribution in [1.82, 2.24) is 53.2 Å². The van der Waals surface area contributed by atoms with E-state index in [1.807, 2.05) is 0 Å². The molecule has 0 aliphatic carbocycles. The Labute approximate surface area is 361 Å². The Morgan fingerprint density at radius 3 is 0.787 bits per heavy atom. The summed E-state index contributed by atoms with van der Waals surface area (Å²) in [5.74, 6) is -8.37. The number of carbonyl (C=O) groups is 11. The van der Waals surface area contributed by atoms with Gasteiger partial charge in [-0.05, 0) is 110 Å². The molecule has 0 rings (SSSR count). The lowest BCUT2D eigenvalue weighted by molar-refractivity contribution is -0.146. The molecule has 0 aromatic carbocycles. The van der Waals surface area contributed by atoms with Crippen molar-refractivity contribution in [3.8, 4) is 0 Å². The first-order valence-electron chi connectivity index (χ1n) is 19.4. The molecule has 0 saturated heterocycles. The molecule has 10 amide bonds. The molecule has 0 aliphatic heterocycles. The molecule has 0 fully saturated rings. The summed E-state index contributed by atoms with van der Waals surface area (Å²) in [6.45, 7) is 20.1. The monoisotopic (exact) mass is 886 g/mol. The van der Waals surface area contributed by atoms with Gasteiger partial charge < -0.3 is 58.3 Å². The highest BCUT2D eigenvalue weighted by Gasteiger charge is 2.39. The second-order valence-corrected chi connectivity index (χ2v) is 17.9. The van der Waals surface area contributed by atoms with Crippen molar-refractivity contribution in [3.63, 3.8) is 0 Å². The molecule has 0 saturated carbocycles. The molecular formula is C38H66N10O12S. The van der Waals surface area contributed by atoms with Crippen LogP contribution in [0.1, 0.15) is 110 Å². The molecule has 0 heterocycles. The second kappa shape index (κ2) is 21.9. The normalized spacial score (nSPS) is 14.5. The Bertz CT molecular complexity index is 1730. The number of carboxylic acids is 1. The molecule has 346 valence electrons. The van der Waals surface area contributed by atoms with E-state index >= 15 is 0 Å². The zero-order chi connectivity index (χ0) is 48.2. The number of thiol groups is 1. The minimum atomic E-state index is -1.65. The van der Waals surface area contributed by atoms with Crippen LogP contribution in [0.5, 0.6) is 0 Å². The first kappa shape index (κ1) is 55.5. The van der Waals surface area contributed by atoms with Crippen LogP contribution in [0.15, 0.2) is 0 Å². The van der Waals surface area contributed by atoms with Gasteiger partial charge in [-0.25, -0.2) is 4.79 Å². The van der Waals surface area contributed by atoms with Crippen LogP contribution in [-0.2, 0) is 52.7 Å². The molecular weight excluding hydrogens is 821 g/mol. The van der Waals surface area contributed by atoms with Crippen molar-refractivity contribution in [3.05, 3.63) is 0 Å². The molecule has 0 bridgehead atoms. The van der Waals surface area contributed by atoms with Crippen LogP contribution in [0.3, 0.4) is 0 Å². The fourth-order valence-corrected chi connectivity index (χ4v) is 4.82. The van der Waals surface area contributed by atoms with Gasteiger partial charge in [0.2, 0.25) is 59.1 Å². The average Bonchev–Trinajstić information content (AvgIpc) is 3.10. The van der Waals surface area contributed by atoms with Gasteiger partial charge in [0.05, 0.1) is 0 Å². The number of aliphatic carboxylic acids is 1. The predicted molar refractivity (Wildman–Crippen MR) is 225 cm³/mol. The van der Waals surface area contributed by atoms with Crippen LogP contribution in [0.4, 0.5) is 0 Å². The SMILES string of the molecule is C[C@H](NC(=O)CCS)C(=O)NC(C)(C)C(=O)N[C@@H](C)C(=O)NC(C)(C)C(=O)N[C@@H](C)C(=O)NC(C)(C)C(=O)N[C@@H](C)C(=O)NC(C)(C)C(=O)N[C@@H](C)C(=O)NC(C)(C)C(=O)O. The minimum Gasteiger partial charge on any atom is -0.480 e. The molecule has 0 aromatic rings. The Hall–Kier alpha value is -5.48. The third-order valence-electron chi connectivity index (χ3n) is 9.06. The number of hydrogen-bond acceptors (Lipinski definition) is 12. The van der Waals surface area contributed by atoms with Crippen molar-refractivity contribution in [1.29, 1.82) is 0 Å². The van der Waals surface area contributed by atoms with Gasteiger partial charge in [-0.2, -0.15) is 12.6 Å². The van der Waals surface area contributed by atoms with E-state index in [0.29, 0.717) is 0 Å². The summed E-state index contributed by atoms with van der Waals surface area (Å²) in [4.78, 5) is 140. The van der Waals surface area contributed by atoms with E-state index in [0.717, 1.165) is 0 Å². The number of carbonyl (C=O) groups excluding carboxylic acids is 10. The average molecular weight is 887 g/mol. The van der Waals surface area contributed by atoms with Gasteiger partial charge in [0.1, 0.15) is 57.9 Å². The van der Waals surface area contributed by atoms with Crippen molar-refractivity contribution >= 4 is 77.7 Å². The van der Waals surface area contributed by atoms with E-state index in [2.05, 4.69) is 65.8 Å². The zero-order valence-electron chi connectivity index (χ0n) is 37.7. The topological polar surface area (TPSA) is 328 Å². The zero-order valence-corrected chi connectivity index (χ0v) is 38.6. The standard InChI is InChI=1S/C38H66N10O12S/c1-18(39-23(49)16-17-61)24(50)44-34(6,7)29(55)40-19(2)25(51)45-35(8,9)30(56)41-20(3)26(52)46-36(10,11)31(57)42-21(4)27(53)47-37(12,13)32(58)43-22(5)28(54)48-38(14,15)33(59)60/h18-22,61H,16-17H2,1-15H3,(H,39,49)(H,40,55)(H,41,56)(H,42,57)(H,43,58)(H,44,50)(H,45,51)(H,46,52)(H,47,53)(H,48,54)(H,59,60)/t18-,19-,20-,21-,22-/m0/s1. The first-order chi connectivity index (χ1) is 27.4. The second-order valence-electron chi connectivity index (χ2n) is 17.4. The van der Waals surface area contributed by atoms with Crippen molar-refractivity contribution in [2.75, 3.05) is 5.75 Å².